The maximum absolute atomic E-state index is 6.58. The molecule has 0 unspecified atom stereocenters. The second-order valence-corrected chi connectivity index (χ2v) is 12.5. The van der Waals surface area contributed by atoms with E-state index in [4.69, 9.17) is 8.83 Å². The van der Waals surface area contributed by atoms with Gasteiger partial charge in [0.05, 0.1) is 21.9 Å². The minimum Gasteiger partial charge on any atom is -0.456 e. The molecule has 0 saturated carbocycles. The molecule has 11 rings (SSSR count). The summed E-state index contributed by atoms with van der Waals surface area (Å²) >= 11 is 0. The summed E-state index contributed by atoms with van der Waals surface area (Å²) in [5.74, 6) is 0. The highest BCUT2D eigenvalue weighted by molar-refractivity contribution is 6.20. The van der Waals surface area contributed by atoms with Crippen LogP contribution in [0.4, 0.5) is 0 Å². The Bertz CT molecular complexity index is 3010. The average Bonchev–Trinajstić information content (AvgIpc) is 3.88. The standard InChI is InChI=1S/C44H26N2O2/c1-2-10-29(11-3-1)46-39-17-9-6-14-33(39)43-36-25-28(19-22-42(36)48-44(43)46)27-18-21-40-34(24-27)35-26-30(20-23-41(35)47-40)45-37-15-7-4-12-31(37)32-13-5-8-16-38(32)45/h1-26H. The van der Waals surface area contributed by atoms with Crippen molar-refractivity contribution in [1.29, 1.82) is 0 Å². The number of furan rings is 2. The Balaban J connectivity index is 1.10. The van der Waals surface area contributed by atoms with E-state index in [1.165, 1.54) is 27.2 Å². The van der Waals surface area contributed by atoms with Crippen molar-refractivity contribution in [2.45, 2.75) is 0 Å². The number of para-hydroxylation sites is 4. The van der Waals surface area contributed by atoms with Crippen LogP contribution in [-0.4, -0.2) is 9.13 Å². The van der Waals surface area contributed by atoms with E-state index in [9.17, 15) is 0 Å². The molecular formula is C44H26N2O2. The van der Waals surface area contributed by atoms with Crippen molar-refractivity contribution >= 4 is 76.7 Å². The lowest BCUT2D eigenvalue weighted by Gasteiger charge is -2.08. The van der Waals surface area contributed by atoms with Gasteiger partial charge in [-0.2, -0.15) is 0 Å². The van der Waals surface area contributed by atoms with Gasteiger partial charge in [0.1, 0.15) is 16.7 Å². The molecule has 48 heavy (non-hydrogen) atoms. The molecule has 224 valence electrons. The highest BCUT2D eigenvalue weighted by Crippen LogP contribution is 2.41. The van der Waals surface area contributed by atoms with Gasteiger partial charge in [0.15, 0.2) is 0 Å². The molecule has 4 nitrogen and oxygen atoms in total. The van der Waals surface area contributed by atoms with Gasteiger partial charge in [-0.05, 0) is 83.9 Å². The van der Waals surface area contributed by atoms with Crippen LogP contribution >= 0.6 is 0 Å². The predicted octanol–water partition coefficient (Wildman–Crippen LogP) is 12.2. The maximum Gasteiger partial charge on any atom is 0.213 e. The Morgan fingerprint density at radius 1 is 0.333 bits per heavy atom. The summed E-state index contributed by atoms with van der Waals surface area (Å²) in [7, 11) is 0. The second kappa shape index (κ2) is 9.50. The zero-order valence-electron chi connectivity index (χ0n) is 25.7. The molecule has 4 heterocycles. The van der Waals surface area contributed by atoms with Crippen molar-refractivity contribution in [3.8, 4) is 22.5 Å². The first-order valence-corrected chi connectivity index (χ1v) is 16.3. The van der Waals surface area contributed by atoms with Crippen LogP contribution in [0, 0.1) is 0 Å². The molecule has 0 radical (unpaired) electrons. The Hall–Kier alpha value is -6.52. The average molecular weight is 615 g/mol. The highest BCUT2D eigenvalue weighted by atomic mass is 16.3. The van der Waals surface area contributed by atoms with Crippen molar-refractivity contribution in [2.75, 3.05) is 0 Å². The molecule has 0 amide bonds. The molecular weight excluding hydrogens is 588 g/mol. The van der Waals surface area contributed by atoms with Crippen LogP contribution in [-0.2, 0) is 0 Å². The van der Waals surface area contributed by atoms with Gasteiger partial charge in [0.25, 0.3) is 0 Å². The van der Waals surface area contributed by atoms with E-state index in [1.54, 1.807) is 0 Å². The van der Waals surface area contributed by atoms with Crippen LogP contribution in [0.25, 0.3) is 99.2 Å². The van der Waals surface area contributed by atoms with E-state index < -0.39 is 0 Å². The lowest BCUT2D eigenvalue weighted by molar-refractivity contribution is 0.645. The quantitative estimate of drug-likeness (QED) is 0.198. The first kappa shape index (κ1) is 25.6. The van der Waals surface area contributed by atoms with Crippen LogP contribution in [0.3, 0.4) is 0 Å². The van der Waals surface area contributed by atoms with Gasteiger partial charge >= 0.3 is 0 Å². The number of hydrogen-bond donors (Lipinski definition) is 0. The SMILES string of the molecule is c1ccc(-n2c3ccccc3c3c4cc(-c5ccc6oc7ccc(-n8c9ccccc9c9ccccc98)cc7c6c5)ccc4oc32)cc1. The van der Waals surface area contributed by atoms with Crippen LogP contribution in [0.1, 0.15) is 0 Å². The third-order valence-corrected chi connectivity index (χ3v) is 9.93. The van der Waals surface area contributed by atoms with E-state index in [-0.39, 0.29) is 0 Å². The number of hydrogen-bond acceptors (Lipinski definition) is 2. The van der Waals surface area contributed by atoms with Crippen LogP contribution < -0.4 is 0 Å². The van der Waals surface area contributed by atoms with Crippen LogP contribution in [0.2, 0.25) is 0 Å². The zero-order valence-corrected chi connectivity index (χ0v) is 25.7. The van der Waals surface area contributed by atoms with Crippen molar-refractivity contribution < 1.29 is 8.83 Å². The number of benzene rings is 7. The third kappa shape index (κ3) is 3.49. The number of fused-ring (bicyclic) bond motifs is 11. The molecule has 11 aromatic rings. The minimum absolute atomic E-state index is 0.864. The van der Waals surface area contributed by atoms with Crippen LogP contribution in [0.5, 0.6) is 0 Å². The van der Waals surface area contributed by atoms with Gasteiger partial charge in [0.2, 0.25) is 5.71 Å². The predicted molar refractivity (Wildman–Crippen MR) is 198 cm³/mol. The van der Waals surface area contributed by atoms with E-state index in [2.05, 4.69) is 161 Å². The third-order valence-electron chi connectivity index (χ3n) is 9.93. The molecule has 7 aromatic carbocycles. The molecule has 0 aliphatic carbocycles. The van der Waals surface area contributed by atoms with E-state index >= 15 is 0 Å². The van der Waals surface area contributed by atoms with E-state index in [0.717, 1.165) is 72.0 Å². The lowest BCUT2D eigenvalue weighted by atomic mass is 10.0. The van der Waals surface area contributed by atoms with E-state index in [1.807, 2.05) is 6.07 Å². The summed E-state index contributed by atoms with van der Waals surface area (Å²) in [6, 6.07) is 55.8. The summed E-state index contributed by atoms with van der Waals surface area (Å²) in [6.45, 7) is 0. The number of aromatic nitrogens is 2. The molecule has 0 bridgehead atoms. The first-order valence-electron chi connectivity index (χ1n) is 16.3. The van der Waals surface area contributed by atoms with Gasteiger partial charge in [-0.25, -0.2) is 0 Å². The van der Waals surface area contributed by atoms with E-state index in [0.29, 0.717) is 0 Å². The highest BCUT2D eigenvalue weighted by Gasteiger charge is 2.20. The Kier molecular flexibility index (Phi) is 5.08. The van der Waals surface area contributed by atoms with Gasteiger partial charge in [0, 0.05) is 43.7 Å². The minimum atomic E-state index is 0.864. The fourth-order valence-electron chi connectivity index (χ4n) is 7.79. The number of rotatable bonds is 3. The summed E-state index contributed by atoms with van der Waals surface area (Å²) in [6.07, 6.45) is 0. The molecule has 0 aliphatic heterocycles. The molecule has 4 aromatic heterocycles. The Morgan fingerprint density at radius 2 is 0.854 bits per heavy atom. The van der Waals surface area contributed by atoms with Crippen molar-refractivity contribution in [2.24, 2.45) is 0 Å². The van der Waals surface area contributed by atoms with Gasteiger partial charge in [-0.3, -0.25) is 4.57 Å². The van der Waals surface area contributed by atoms with Crippen molar-refractivity contribution in [3.63, 3.8) is 0 Å². The summed E-state index contributed by atoms with van der Waals surface area (Å²) in [4.78, 5) is 0. The molecule has 0 aliphatic rings. The summed E-state index contributed by atoms with van der Waals surface area (Å²) in [5.41, 5.74) is 11.5. The van der Waals surface area contributed by atoms with Gasteiger partial charge in [-0.15, -0.1) is 0 Å². The molecule has 0 atom stereocenters. The summed E-state index contributed by atoms with van der Waals surface area (Å²) in [5, 5.41) is 8.13. The fraction of sp³-hybridized carbons (Fsp3) is 0. The summed E-state index contributed by atoms with van der Waals surface area (Å²) < 4.78 is 17.5. The molecule has 4 heteroatoms. The molecule has 0 saturated heterocycles. The van der Waals surface area contributed by atoms with Crippen molar-refractivity contribution in [3.05, 3.63) is 158 Å². The van der Waals surface area contributed by atoms with Crippen LogP contribution in [0.15, 0.2) is 167 Å². The molecule has 0 spiro atoms. The lowest BCUT2D eigenvalue weighted by Crippen LogP contribution is -1.93. The fourth-order valence-corrected chi connectivity index (χ4v) is 7.79. The Morgan fingerprint density at radius 3 is 1.54 bits per heavy atom. The zero-order chi connectivity index (χ0) is 31.3. The number of nitrogens with zero attached hydrogens (tertiary/aromatic N) is 2. The Labute approximate surface area is 274 Å². The second-order valence-electron chi connectivity index (χ2n) is 12.5. The van der Waals surface area contributed by atoms with Crippen molar-refractivity contribution in [1.82, 2.24) is 9.13 Å². The van der Waals surface area contributed by atoms with Gasteiger partial charge in [-0.1, -0.05) is 84.9 Å². The first-order chi connectivity index (χ1) is 23.8. The van der Waals surface area contributed by atoms with Gasteiger partial charge < -0.3 is 13.4 Å². The maximum atomic E-state index is 6.58. The topological polar surface area (TPSA) is 36.1 Å². The largest absolute Gasteiger partial charge is 0.456 e. The molecule has 0 fully saturated rings. The normalized spacial score (nSPS) is 12.2. The smallest absolute Gasteiger partial charge is 0.213 e. The molecule has 0 N–H and O–H groups in total. The monoisotopic (exact) mass is 614 g/mol.